The minimum Gasteiger partial charge on any atom is -0.475 e. The second kappa shape index (κ2) is 11.9. The van der Waals surface area contributed by atoms with Crippen LogP contribution in [0.2, 0.25) is 0 Å². The van der Waals surface area contributed by atoms with Crippen LogP contribution >= 0.6 is 0 Å². The van der Waals surface area contributed by atoms with Gasteiger partial charge in [-0.2, -0.15) is 0 Å². The van der Waals surface area contributed by atoms with Gasteiger partial charge in [-0.1, -0.05) is 56.3 Å². The quantitative estimate of drug-likeness (QED) is 0.471. The molecule has 6 nitrogen and oxygen atoms in total. The molecule has 0 bridgehead atoms. The number of nitrogens with zero attached hydrogens (tertiary/aromatic N) is 2. The van der Waals surface area contributed by atoms with Crippen LogP contribution in [0.25, 0.3) is 11.1 Å². The van der Waals surface area contributed by atoms with Crippen LogP contribution in [0.15, 0.2) is 72.9 Å². The Morgan fingerprint density at radius 2 is 1.75 bits per heavy atom. The lowest BCUT2D eigenvalue weighted by molar-refractivity contribution is 0.197. The van der Waals surface area contributed by atoms with E-state index in [1.54, 1.807) is 6.20 Å². The number of pyridine rings is 1. The first-order valence-corrected chi connectivity index (χ1v) is 11.1. The third-order valence-corrected chi connectivity index (χ3v) is 5.37. The maximum atomic E-state index is 13.1. The number of ether oxygens (including phenoxy) is 1. The molecule has 2 N–H and O–H groups in total. The van der Waals surface area contributed by atoms with E-state index in [0.717, 1.165) is 35.2 Å². The maximum absolute atomic E-state index is 13.1. The van der Waals surface area contributed by atoms with E-state index in [1.807, 2.05) is 71.6 Å². The summed E-state index contributed by atoms with van der Waals surface area (Å²) in [6.45, 7) is 4.84. The SMILES string of the molecule is CCC(CC)N(C(=O)NCc1ccccc1)c1ccc(-c2ccnc(OCCO)c2)cc1. The van der Waals surface area contributed by atoms with Crippen LogP contribution in [0.4, 0.5) is 10.5 Å². The van der Waals surface area contributed by atoms with Gasteiger partial charge in [0.15, 0.2) is 0 Å². The van der Waals surface area contributed by atoms with Crippen LogP contribution in [0.1, 0.15) is 32.3 Å². The highest BCUT2D eigenvalue weighted by molar-refractivity contribution is 5.93. The molecule has 6 heteroatoms. The normalized spacial score (nSPS) is 10.8. The van der Waals surface area contributed by atoms with Gasteiger partial charge < -0.3 is 15.2 Å². The number of benzene rings is 2. The van der Waals surface area contributed by atoms with Gasteiger partial charge >= 0.3 is 6.03 Å². The molecule has 3 rings (SSSR count). The molecule has 0 spiro atoms. The largest absolute Gasteiger partial charge is 0.475 e. The third kappa shape index (κ3) is 6.08. The molecule has 2 amide bonds. The lowest BCUT2D eigenvalue weighted by Gasteiger charge is -2.31. The summed E-state index contributed by atoms with van der Waals surface area (Å²) in [5, 5.41) is 12.0. The zero-order valence-corrected chi connectivity index (χ0v) is 18.7. The molecule has 0 aliphatic heterocycles. The molecule has 0 saturated heterocycles. The molecule has 3 aromatic rings. The van der Waals surface area contributed by atoms with Crippen molar-refractivity contribution in [1.82, 2.24) is 10.3 Å². The highest BCUT2D eigenvalue weighted by Crippen LogP contribution is 2.27. The summed E-state index contributed by atoms with van der Waals surface area (Å²) in [6.07, 6.45) is 3.42. The molecule has 0 aliphatic rings. The Kier molecular flexibility index (Phi) is 8.63. The predicted octanol–water partition coefficient (Wildman–Crippen LogP) is 5.02. The average Bonchev–Trinajstić information content (AvgIpc) is 2.85. The zero-order chi connectivity index (χ0) is 22.8. The van der Waals surface area contributed by atoms with Crippen LogP contribution < -0.4 is 15.0 Å². The van der Waals surface area contributed by atoms with Crippen LogP contribution in [0.3, 0.4) is 0 Å². The topological polar surface area (TPSA) is 74.7 Å². The summed E-state index contributed by atoms with van der Waals surface area (Å²) in [4.78, 5) is 19.2. The molecule has 1 aromatic heterocycles. The van der Waals surface area contributed by atoms with Gasteiger partial charge in [-0.15, -0.1) is 0 Å². The van der Waals surface area contributed by atoms with Crippen LogP contribution in [0, 0.1) is 0 Å². The standard InChI is InChI=1S/C26H31N3O3/c1-3-23(4-2)29(26(31)28-19-20-8-6-5-7-9-20)24-12-10-21(11-13-24)22-14-15-27-25(18-22)32-17-16-30/h5-15,18,23,30H,3-4,16-17,19H2,1-2H3,(H,28,31). The Morgan fingerprint density at radius 1 is 1.03 bits per heavy atom. The highest BCUT2D eigenvalue weighted by atomic mass is 16.5. The molecule has 0 fully saturated rings. The zero-order valence-electron chi connectivity index (χ0n) is 18.7. The predicted molar refractivity (Wildman–Crippen MR) is 128 cm³/mol. The molecule has 2 aromatic carbocycles. The highest BCUT2D eigenvalue weighted by Gasteiger charge is 2.23. The van der Waals surface area contributed by atoms with Gasteiger partial charge in [0, 0.05) is 30.5 Å². The van der Waals surface area contributed by atoms with E-state index >= 15 is 0 Å². The average molecular weight is 434 g/mol. The number of carbonyl (C=O) groups excluding carboxylic acids is 1. The van der Waals surface area contributed by atoms with Gasteiger partial charge in [-0.3, -0.25) is 4.90 Å². The van der Waals surface area contributed by atoms with Crippen molar-refractivity contribution >= 4 is 11.7 Å². The van der Waals surface area contributed by atoms with Crippen LogP contribution in [-0.2, 0) is 6.54 Å². The lowest BCUT2D eigenvalue weighted by Crippen LogP contribution is -2.45. The number of aliphatic hydroxyl groups excluding tert-OH is 1. The van der Waals surface area contributed by atoms with Gasteiger partial charge in [-0.05, 0) is 47.7 Å². The first-order chi connectivity index (χ1) is 15.7. The fourth-order valence-electron chi connectivity index (χ4n) is 3.64. The second-order valence-electron chi connectivity index (χ2n) is 7.49. The van der Waals surface area contributed by atoms with Gasteiger partial charge in [0.05, 0.1) is 6.61 Å². The summed E-state index contributed by atoms with van der Waals surface area (Å²) < 4.78 is 5.41. The van der Waals surface area contributed by atoms with Crippen LogP contribution in [-0.4, -0.2) is 35.4 Å². The molecule has 32 heavy (non-hydrogen) atoms. The number of aliphatic hydroxyl groups is 1. The fourth-order valence-corrected chi connectivity index (χ4v) is 3.64. The number of nitrogens with one attached hydrogen (secondary N) is 1. The van der Waals surface area contributed by atoms with Crippen molar-refractivity contribution in [3.8, 4) is 17.0 Å². The molecular weight excluding hydrogens is 402 g/mol. The van der Waals surface area contributed by atoms with Gasteiger partial charge in [0.1, 0.15) is 6.61 Å². The van der Waals surface area contributed by atoms with Crippen molar-refractivity contribution in [3.05, 3.63) is 78.5 Å². The second-order valence-corrected chi connectivity index (χ2v) is 7.49. The van der Waals surface area contributed by atoms with Crippen molar-refractivity contribution in [2.24, 2.45) is 0 Å². The Morgan fingerprint density at radius 3 is 2.41 bits per heavy atom. The number of rotatable bonds is 10. The van der Waals surface area contributed by atoms with E-state index in [1.165, 1.54) is 0 Å². The van der Waals surface area contributed by atoms with E-state index in [0.29, 0.717) is 12.4 Å². The van der Waals surface area contributed by atoms with Crippen molar-refractivity contribution < 1.29 is 14.6 Å². The van der Waals surface area contributed by atoms with Crippen molar-refractivity contribution in [2.75, 3.05) is 18.1 Å². The number of urea groups is 1. The third-order valence-electron chi connectivity index (χ3n) is 5.37. The van der Waals surface area contributed by atoms with E-state index in [2.05, 4.69) is 24.1 Å². The minimum atomic E-state index is -0.0982. The number of anilines is 1. The van der Waals surface area contributed by atoms with E-state index in [4.69, 9.17) is 9.84 Å². The number of hydrogen-bond donors (Lipinski definition) is 2. The van der Waals surface area contributed by atoms with E-state index in [9.17, 15) is 4.79 Å². The molecule has 0 unspecified atom stereocenters. The van der Waals surface area contributed by atoms with Crippen molar-refractivity contribution in [1.29, 1.82) is 0 Å². The van der Waals surface area contributed by atoms with Crippen molar-refractivity contribution in [3.63, 3.8) is 0 Å². The number of aromatic nitrogens is 1. The van der Waals surface area contributed by atoms with E-state index < -0.39 is 0 Å². The Balaban J connectivity index is 1.79. The summed E-state index contributed by atoms with van der Waals surface area (Å²) in [7, 11) is 0. The lowest BCUT2D eigenvalue weighted by atomic mass is 10.0. The molecule has 0 saturated carbocycles. The van der Waals surface area contributed by atoms with E-state index in [-0.39, 0.29) is 25.3 Å². The molecule has 0 aliphatic carbocycles. The van der Waals surface area contributed by atoms with Gasteiger partial charge in [-0.25, -0.2) is 9.78 Å². The van der Waals surface area contributed by atoms with Crippen LogP contribution in [0.5, 0.6) is 5.88 Å². The number of carbonyl (C=O) groups is 1. The molecule has 168 valence electrons. The van der Waals surface area contributed by atoms with Gasteiger partial charge in [0.2, 0.25) is 5.88 Å². The smallest absolute Gasteiger partial charge is 0.322 e. The number of hydrogen-bond acceptors (Lipinski definition) is 4. The summed E-state index contributed by atoms with van der Waals surface area (Å²) in [5.41, 5.74) is 3.89. The summed E-state index contributed by atoms with van der Waals surface area (Å²) >= 11 is 0. The molecule has 0 atom stereocenters. The Labute approximate surface area is 189 Å². The number of amides is 2. The fraction of sp³-hybridized carbons (Fsp3) is 0.308. The molecule has 0 radical (unpaired) electrons. The first-order valence-electron chi connectivity index (χ1n) is 11.1. The van der Waals surface area contributed by atoms with Gasteiger partial charge in [0.25, 0.3) is 0 Å². The Hall–Kier alpha value is -3.38. The summed E-state index contributed by atoms with van der Waals surface area (Å²) in [6, 6.07) is 21.6. The molecular formula is C26H31N3O3. The minimum absolute atomic E-state index is 0.0567. The Bertz CT molecular complexity index is 973. The maximum Gasteiger partial charge on any atom is 0.322 e. The monoisotopic (exact) mass is 433 g/mol. The molecule has 1 heterocycles. The van der Waals surface area contributed by atoms with Crippen molar-refractivity contribution in [2.45, 2.75) is 39.3 Å². The summed E-state index contributed by atoms with van der Waals surface area (Å²) in [5.74, 6) is 0.472. The first kappa shape index (κ1) is 23.3.